The molecule has 0 saturated heterocycles. The van der Waals surface area contributed by atoms with Crippen LogP contribution in [0.5, 0.6) is 11.6 Å². The molecule has 2 aromatic carbocycles. The van der Waals surface area contributed by atoms with Gasteiger partial charge < -0.3 is 10.1 Å². The summed E-state index contributed by atoms with van der Waals surface area (Å²) in [6.07, 6.45) is 1.10. The first-order valence-corrected chi connectivity index (χ1v) is 8.00. The quantitative estimate of drug-likeness (QED) is 0.529. The van der Waals surface area contributed by atoms with Crippen LogP contribution in [0.3, 0.4) is 0 Å². The fourth-order valence-electron chi connectivity index (χ4n) is 2.54. The van der Waals surface area contributed by atoms with E-state index in [0.717, 1.165) is 11.9 Å². The number of para-hydroxylation sites is 1. The lowest BCUT2D eigenvalue weighted by molar-refractivity contribution is -0.386. The fraction of sp³-hybridized carbons (Fsp3) is 0.105. The van der Waals surface area contributed by atoms with E-state index in [1.54, 1.807) is 26.0 Å². The molecule has 8 heteroatoms. The Morgan fingerprint density at radius 3 is 2.44 bits per heavy atom. The van der Waals surface area contributed by atoms with Crippen molar-refractivity contribution in [2.24, 2.45) is 0 Å². The highest BCUT2D eigenvalue weighted by Gasteiger charge is 2.21. The Bertz CT molecular complexity index is 1020. The van der Waals surface area contributed by atoms with Crippen molar-refractivity contribution >= 4 is 17.3 Å². The lowest BCUT2D eigenvalue weighted by Crippen LogP contribution is -2.03. The molecule has 1 N–H and O–H groups in total. The fourth-order valence-corrected chi connectivity index (χ4v) is 2.54. The Morgan fingerprint density at radius 1 is 1.19 bits per heavy atom. The van der Waals surface area contributed by atoms with E-state index in [1.165, 1.54) is 0 Å². The number of nitrogens with zero attached hydrogens (tertiary/aromatic N) is 4. The maximum atomic E-state index is 11.3. The molecule has 27 heavy (non-hydrogen) atoms. The number of aromatic nitrogens is 2. The summed E-state index contributed by atoms with van der Waals surface area (Å²) >= 11 is 0. The van der Waals surface area contributed by atoms with E-state index in [-0.39, 0.29) is 17.5 Å². The van der Waals surface area contributed by atoms with Gasteiger partial charge in [-0.2, -0.15) is 10.2 Å². The van der Waals surface area contributed by atoms with Crippen LogP contribution in [0.1, 0.15) is 16.7 Å². The molecule has 1 heterocycles. The minimum absolute atomic E-state index is 0.172. The summed E-state index contributed by atoms with van der Waals surface area (Å²) < 4.78 is 5.77. The summed E-state index contributed by atoms with van der Waals surface area (Å²) in [5.41, 5.74) is 2.23. The number of benzene rings is 2. The Hall–Kier alpha value is -3.99. The number of nitriles is 1. The van der Waals surface area contributed by atoms with Gasteiger partial charge in [0.05, 0.1) is 16.6 Å². The second kappa shape index (κ2) is 7.49. The van der Waals surface area contributed by atoms with Crippen LogP contribution in [-0.4, -0.2) is 14.9 Å². The van der Waals surface area contributed by atoms with Crippen molar-refractivity contribution in [3.63, 3.8) is 0 Å². The van der Waals surface area contributed by atoms with E-state index in [0.29, 0.717) is 22.4 Å². The maximum absolute atomic E-state index is 11.3. The summed E-state index contributed by atoms with van der Waals surface area (Å²) in [6, 6.07) is 14.6. The summed E-state index contributed by atoms with van der Waals surface area (Å²) in [5.74, 6) is 0.413. The van der Waals surface area contributed by atoms with Crippen molar-refractivity contribution in [2.75, 3.05) is 5.32 Å². The third kappa shape index (κ3) is 3.99. The Labute approximate surface area is 155 Å². The molecule has 0 aliphatic heterocycles. The van der Waals surface area contributed by atoms with Crippen LogP contribution in [-0.2, 0) is 0 Å². The summed E-state index contributed by atoms with van der Waals surface area (Å²) in [5, 5.41) is 23.4. The Kier molecular flexibility index (Phi) is 4.95. The SMILES string of the molecule is Cc1cc(C#N)cc(C)c1Oc1nc(Nc2ccccc2)ncc1[N+](=O)[O-]. The zero-order valence-electron chi connectivity index (χ0n) is 14.6. The van der Waals surface area contributed by atoms with Crippen LogP contribution < -0.4 is 10.1 Å². The number of hydrogen-bond donors (Lipinski definition) is 1. The predicted octanol–water partition coefficient (Wildman–Crippen LogP) is 4.41. The number of nitro groups is 1. The zero-order chi connectivity index (χ0) is 19.4. The molecule has 134 valence electrons. The number of rotatable bonds is 5. The van der Waals surface area contributed by atoms with Gasteiger partial charge in [0.15, 0.2) is 0 Å². The molecule has 0 spiro atoms. The van der Waals surface area contributed by atoms with Gasteiger partial charge in [0, 0.05) is 5.69 Å². The summed E-state index contributed by atoms with van der Waals surface area (Å²) in [4.78, 5) is 18.9. The standard InChI is InChI=1S/C19H15N5O3/c1-12-8-14(10-20)9-13(2)17(12)27-18-16(24(25)26)11-21-19(23-18)22-15-6-4-3-5-7-15/h3-9,11H,1-2H3,(H,21,22,23). The summed E-state index contributed by atoms with van der Waals surface area (Å²) in [6.45, 7) is 3.53. The largest absolute Gasteiger partial charge is 0.433 e. The van der Waals surface area contributed by atoms with Crippen LogP contribution >= 0.6 is 0 Å². The lowest BCUT2D eigenvalue weighted by Gasteiger charge is -2.12. The number of nitrogens with one attached hydrogen (secondary N) is 1. The van der Waals surface area contributed by atoms with E-state index in [9.17, 15) is 10.1 Å². The van der Waals surface area contributed by atoms with Gasteiger partial charge in [-0.15, -0.1) is 0 Å². The third-order valence-electron chi connectivity index (χ3n) is 3.75. The monoisotopic (exact) mass is 361 g/mol. The minimum atomic E-state index is -0.601. The first-order valence-electron chi connectivity index (χ1n) is 8.00. The van der Waals surface area contributed by atoms with E-state index in [2.05, 4.69) is 21.4 Å². The van der Waals surface area contributed by atoms with Crippen LogP contribution in [0.2, 0.25) is 0 Å². The smallest absolute Gasteiger partial charge is 0.349 e. The molecule has 0 fully saturated rings. The van der Waals surface area contributed by atoms with E-state index < -0.39 is 4.92 Å². The molecule has 0 amide bonds. The molecule has 0 atom stereocenters. The van der Waals surface area contributed by atoms with Crippen molar-refractivity contribution in [1.82, 2.24) is 9.97 Å². The van der Waals surface area contributed by atoms with E-state index in [4.69, 9.17) is 10.00 Å². The van der Waals surface area contributed by atoms with Gasteiger partial charge in [-0.3, -0.25) is 10.1 Å². The molecule has 0 aliphatic rings. The molecule has 8 nitrogen and oxygen atoms in total. The van der Waals surface area contributed by atoms with Crippen molar-refractivity contribution < 1.29 is 9.66 Å². The van der Waals surface area contributed by atoms with Crippen LogP contribution in [0.4, 0.5) is 17.3 Å². The van der Waals surface area contributed by atoms with Crippen LogP contribution in [0.15, 0.2) is 48.7 Å². The number of ether oxygens (including phenoxy) is 1. The molecule has 0 unspecified atom stereocenters. The molecular formula is C19H15N5O3. The van der Waals surface area contributed by atoms with Crippen molar-refractivity contribution in [3.05, 3.63) is 75.5 Å². The zero-order valence-corrected chi connectivity index (χ0v) is 14.6. The van der Waals surface area contributed by atoms with Gasteiger partial charge >= 0.3 is 11.6 Å². The summed E-state index contributed by atoms with van der Waals surface area (Å²) in [7, 11) is 0. The number of hydrogen-bond acceptors (Lipinski definition) is 7. The van der Waals surface area contributed by atoms with Crippen LogP contribution in [0.25, 0.3) is 0 Å². The lowest BCUT2D eigenvalue weighted by atomic mass is 10.1. The van der Waals surface area contributed by atoms with Crippen molar-refractivity contribution in [1.29, 1.82) is 5.26 Å². The second-order valence-corrected chi connectivity index (χ2v) is 5.79. The van der Waals surface area contributed by atoms with Crippen LogP contribution in [0, 0.1) is 35.3 Å². The first kappa shape index (κ1) is 17.8. The highest BCUT2D eigenvalue weighted by Crippen LogP contribution is 2.34. The number of aryl methyl sites for hydroxylation is 2. The van der Waals surface area contributed by atoms with Gasteiger partial charge in [0.2, 0.25) is 5.95 Å². The topological polar surface area (TPSA) is 114 Å². The first-order chi connectivity index (χ1) is 13.0. The van der Waals surface area contributed by atoms with Crippen molar-refractivity contribution in [2.45, 2.75) is 13.8 Å². The molecule has 1 aromatic heterocycles. The normalized spacial score (nSPS) is 10.1. The molecule has 3 rings (SSSR count). The second-order valence-electron chi connectivity index (χ2n) is 5.79. The van der Waals surface area contributed by atoms with Gasteiger partial charge in [0.25, 0.3) is 0 Å². The Balaban J connectivity index is 1.99. The number of anilines is 2. The molecule has 0 saturated carbocycles. The predicted molar refractivity (Wildman–Crippen MR) is 99.1 cm³/mol. The van der Waals surface area contributed by atoms with Gasteiger partial charge in [-0.05, 0) is 49.2 Å². The van der Waals surface area contributed by atoms with Gasteiger partial charge in [-0.1, -0.05) is 18.2 Å². The highest BCUT2D eigenvalue weighted by molar-refractivity contribution is 5.56. The molecule has 0 aliphatic carbocycles. The molecule has 0 radical (unpaired) electrons. The van der Waals surface area contributed by atoms with E-state index >= 15 is 0 Å². The Morgan fingerprint density at radius 2 is 1.85 bits per heavy atom. The third-order valence-corrected chi connectivity index (χ3v) is 3.75. The molecule has 0 bridgehead atoms. The molecule has 3 aromatic rings. The molecular weight excluding hydrogens is 346 g/mol. The van der Waals surface area contributed by atoms with Gasteiger partial charge in [0.1, 0.15) is 11.9 Å². The average molecular weight is 361 g/mol. The van der Waals surface area contributed by atoms with Crippen molar-refractivity contribution in [3.8, 4) is 17.7 Å². The minimum Gasteiger partial charge on any atom is -0.433 e. The maximum Gasteiger partial charge on any atom is 0.349 e. The highest BCUT2D eigenvalue weighted by atomic mass is 16.6. The van der Waals surface area contributed by atoms with Gasteiger partial charge in [-0.25, -0.2) is 4.98 Å². The average Bonchev–Trinajstić information content (AvgIpc) is 2.65. The van der Waals surface area contributed by atoms with E-state index in [1.807, 2.05) is 30.3 Å².